The van der Waals surface area contributed by atoms with Gasteiger partial charge in [0.1, 0.15) is 0 Å². The Bertz CT molecular complexity index is 5210. The van der Waals surface area contributed by atoms with Crippen LogP contribution in [-0.4, -0.2) is 28.7 Å². The Morgan fingerprint density at radius 1 is 0.233 bits per heavy atom. The van der Waals surface area contributed by atoms with Gasteiger partial charge in [0.15, 0.2) is 17.5 Å². The van der Waals surface area contributed by atoms with E-state index in [2.05, 4.69) is 310 Å². The summed E-state index contributed by atoms with van der Waals surface area (Å²) in [5.74, 6) is 1.81. The van der Waals surface area contributed by atoms with Crippen LogP contribution in [0.25, 0.3) is 150 Å². The van der Waals surface area contributed by atoms with Crippen LogP contribution in [0.4, 0.5) is 0 Å². The Kier molecular flexibility index (Phi) is 10.3. The zero-order chi connectivity index (χ0) is 60.1. The summed E-state index contributed by atoms with van der Waals surface area (Å²) in [6.07, 6.45) is 0. The number of hydrogen-bond acceptors (Lipinski definition) is 3. The molecule has 0 fully saturated rings. The van der Waals surface area contributed by atoms with E-state index in [0.717, 1.165) is 33.8 Å². The molecule has 90 heavy (non-hydrogen) atoms. The maximum atomic E-state index is 5.41. The molecule has 0 bridgehead atoms. The van der Waals surface area contributed by atoms with Gasteiger partial charge in [0.25, 0.3) is 0 Å². The Morgan fingerprint density at radius 2 is 0.489 bits per heavy atom. The number of nitrogens with zero attached hydrogens (tertiary/aromatic N) is 6. The third-order valence-corrected chi connectivity index (χ3v) is 20.9. The lowest BCUT2D eigenvalue weighted by Gasteiger charge is -2.21. The number of rotatable bonds is 6. The van der Waals surface area contributed by atoms with E-state index >= 15 is 0 Å². The van der Waals surface area contributed by atoms with Crippen molar-refractivity contribution in [2.75, 3.05) is 0 Å². The van der Waals surface area contributed by atoms with Crippen LogP contribution in [0, 0.1) is 0 Å². The first-order valence-corrected chi connectivity index (χ1v) is 31.5. The van der Waals surface area contributed by atoms with E-state index in [1.54, 1.807) is 0 Å². The lowest BCUT2D eigenvalue weighted by atomic mass is 9.82. The Morgan fingerprint density at radius 3 is 0.778 bits per heavy atom. The summed E-state index contributed by atoms with van der Waals surface area (Å²) in [7, 11) is 0. The molecule has 0 unspecified atom stereocenters. The number of para-hydroxylation sites is 3. The standard InChI is InChI=1S/C84H60N6/c1-82(2)64-25-13-7-22-61(64)73-67(82)46-43-58-55-19-10-16-28-70(55)88(76(58)73)52-37-31-49(32-38-52)79-85-80(50-33-39-53(40-34-50)89-71-29-17-11-20-56(71)59-44-47-68-74(77(59)89)62-23-8-14-26-65(62)83(68,3)4)87-81(86-79)51-35-41-54(42-36-51)90-72-30-18-12-21-57(72)60-45-48-69-75(78(60)90)63-24-9-15-27-66(63)84(69,5)6/h7-48H,1-6H3. The maximum Gasteiger partial charge on any atom is 0.164 e. The van der Waals surface area contributed by atoms with E-state index in [4.69, 9.17) is 15.0 Å². The lowest BCUT2D eigenvalue weighted by molar-refractivity contribution is 0.660. The molecule has 0 saturated heterocycles. The molecule has 0 amide bonds. The molecule has 0 atom stereocenters. The van der Waals surface area contributed by atoms with Gasteiger partial charge in [0.05, 0.1) is 33.1 Å². The minimum Gasteiger partial charge on any atom is -0.309 e. The Hall–Kier alpha value is -11.0. The predicted octanol–water partition coefficient (Wildman–Crippen LogP) is 21.1. The van der Waals surface area contributed by atoms with Crippen LogP contribution in [0.3, 0.4) is 0 Å². The third-order valence-electron chi connectivity index (χ3n) is 20.9. The monoisotopic (exact) mass is 1150 g/mol. The molecule has 426 valence electrons. The second-order valence-electron chi connectivity index (χ2n) is 26.7. The predicted molar refractivity (Wildman–Crippen MR) is 372 cm³/mol. The van der Waals surface area contributed by atoms with E-state index in [1.165, 1.54) is 132 Å². The molecule has 16 aromatic rings. The van der Waals surface area contributed by atoms with Crippen molar-refractivity contribution in [1.82, 2.24) is 28.7 Å². The van der Waals surface area contributed by atoms with Crippen LogP contribution in [0.2, 0.25) is 0 Å². The molecule has 3 aliphatic rings. The minimum absolute atomic E-state index is 0.134. The maximum absolute atomic E-state index is 5.41. The molecule has 4 aromatic heterocycles. The quantitative estimate of drug-likeness (QED) is 0.167. The first-order chi connectivity index (χ1) is 43.9. The topological polar surface area (TPSA) is 53.5 Å². The largest absolute Gasteiger partial charge is 0.309 e. The van der Waals surface area contributed by atoms with Gasteiger partial charge in [0.2, 0.25) is 0 Å². The summed E-state index contributed by atoms with van der Waals surface area (Å²) < 4.78 is 7.40. The number of fused-ring (bicyclic) bond motifs is 21. The van der Waals surface area contributed by atoms with E-state index in [0.29, 0.717) is 17.5 Å². The molecular formula is C84H60N6. The average molecular weight is 1150 g/mol. The molecule has 4 heterocycles. The lowest BCUT2D eigenvalue weighted by Crippen LogP contribution is -2.14. The highest BCUT2D eigenvalue weighted by atomic mass is 15.0. The molecular weight excluding hydrogens is 1090 g/mol. The summed E-state index contributed by atoms with van der Waals surface area (Å²) in [6, 6.07) is 94.0. The molecule has 0 N–H and O–H groups in total. The van der Waals surface area contributed by atoms with Gasteiger partial charge in [-0.15, -0.1) is 0 Å². The van der Waals surface area contributed by atoms with E-state index in [-0.39, 0.29) is 16.2 Å². The zero-order valence-electron chi connectivity index (χ0n) is 50.9. The first-order valence-electron chi connectivity index (χ1n) is 31.5. The fourth-order valence-corrected chi connectivity index (χ4v) is 16.6. The van der Waals surface area contributed by atoms with Gasteiger partial charge < -0.3 is 13.7 Å². The van der Waals surface area contributed by atoms with Crippen LogP contribution in [0.5, 0.6) is 0 Å². The molecule has 0 radical (unpaired) electrons. The van der Waals surface area contributed by atoms with Crippen molar-refractivity contribution >= 4 is 65.4 Å². The molecule has 0 spiro atoms. The molecule has 0 saturated carbocycles. The normalized spacial score (nSPS) is 14.6. The SMILES string of the molecule is CC1(C)c2ccccc2-c2c1ccc1c3ccccc3n(-c3ccc(-c4nc(-c5ccc(-n6c7ccccc7c7ccc8c(c76)-c6ccccc6C8(C)C)cc5)nc(-c5ccc(-n6c7ccccc7c7ccc8c(c76)-c6ccccc6C8(C)C)cc5)n4)cc3)c21. The highest BCUT2D eigenvalue weighted by Crippen LogP contribution is 2.56. The molecule has 6 heteroatoms. The van der Waals surface area contributed by atoms with Crippen molar-refractivity contribution in [2.45, 2.75) is 57.8 Å². The fraction of sp³-hybridized carbons (Fsp3) is 0.107. The Balaban J connectivity index is 0.775. The average Bonchev–Trinajstić information content (AvgIpc) is 1.56. The number of hydrogen-bond donors (Lipinski definition) is 0. The van der Waals surface area contributed by atoms with Crippen molar-refractivity contribution in [3.8, 4) is 84.6 Å². The molecule has 6 nitrogen and oxygen atoms in total. The summed E-state index contributed by atoms with van der Waals surface area (Å²) in [6.45, 7) is 14.2. The van der Waals surface area contributed by atoms with Crippen LogP contribution in [-0.2, 0) is 16.2 Å². The second kappa shape index (κ2) is 18.1. The highest BCUT2D eigenvalue weighted by molar-refractivity contribution is 6.18. The van der Waals surface area contributed by atoms with Crippen molar-refractivity contribution in [2.24, 2.45) is 0 Å². The third kappa shape index (κ3) is 6.80. The van der Waals surface area contributed by atoms with Gasteiger partial charge in [0, 0.05) is 99.0 Å². The summed E-state index contributed by atoms with van der Waals surface area (Å²) >= 11 is 0. The van der Waals surface area contributed by atoms with Gasteiger partial charge in [-0.3, -0.25) is 0 Å². The van der Waals surface area contributed by atoms with E-state index in [1.807, 2.05) is 0 Å². The molecule has 3 aliphatic carbocycles. The summed E-state index contributed by atoms with van der Waals surface area (Å²) in [4.78, 5) is 16.2. The van der Waals surface area contributed by atoms with E-state index in [9.17, 15) is 0 Å². The first kappa shape index (κ1) is 51.1. The summed E-state index contributed by atoms with van der Waals surface area (Å²) in [5.41, 5.74) is 28.7. The number of aromatic nitrogens is 6. The van der Waals surface area contributed by atoms with Crippen molar-refractivity contribution in [3.05, 3.63) is 288 Å². The van der Waals surface area contributed by atoms with Crippen LogP contribution in [0.15, 0.2) is 255 Å². The van der Waals surface area contributed by atoms with Crippen LogP contribution < -0.4 is 0 Å². The second-order valence-corrected chi connectivity index (χ2v) is 26.7. The molecule has 12 aromatic carbocycles. The van der Waals surface area contributed by atoms with Gasteiger partial charge in [-0.1, -0.05) is 205 Å². The van der Waals surface area contributed by atoms with Crippen LogP contribution >= 0.6 is 0 Å². The van der Waals surface area contributed by atoms with Gasteiger partial charge in [-0.2, -0.15) is 0 Å². The number of benzene rings is 12. The van der Waals surface area contributed by atoms with Gasteiger partial charge >= 0.3 is 0 Å². The van der Waals surface area contributed by atoms with Gasteiger partial charge in [-0.25, -0.2) is 15.0 Å². The summed E-state index contributed by atoms with van der Waals surface area (Å²) in [5, 5.41) is 7.45. The van der Waals surface area contributed by atoms with Crippen molar-refractivity contribution in [3.63, 3.8) is 0 Å². The van der Waals surface area contributed by atoms with Crippen molar-refractivity contribution in [1.29, 1.82) is 0 Å². The van der Waals surface area contributed by atoms with Crippen LogP contribution in [0.1, 0.15) is 74.9 Å². The fourth-order valence-electron chi connectivity index (χ4n) is 16.6. The van der Waals surface area contributed by atoms with Crippen molar-refractivity contribution < 1.29 is 0 Å². The smallest absolute Gasteiger partial charge is 0.164 e. The molecule has 0 aliphatic heterocycles. The molecule has 19 rings (SSSR count). The van der Waals surface area contributed by atoms with E-state index < -0.39 is 0 Å². The minimum atomic E-state index is -0.134. The Labute approximate surface area is 521 Å². The van der Waals surface area contributed by atoms with Gasteiger partial charge in [-0.05, 0) is 141 Å². The highest BCUT2D eigenvalue weighted by Gasteiger charge is 2.41. The zero-order valence-corrected chi connectivity index (χ0v) is 50.9.